The Bertz CT molecular complexity index is 1710. The molecule has 0 spiro atoms. The molecular weight excluding hydrogens is 476 g/mol. The zero-order valence-electron chi connectivity index (χ0n) is 19.3. The van der Waals surface area contributed by atoms with E-state index >= 15 is 0 Å². The average Bonchev–Trinajstić information content (AvgIpc) is 3.49. The number of anilines is 1. The number of para-hydroxylation sites is 1. The van der Waals surface area contributed by atoms with Crippen molar-refractivity contribution in [3.63, 3.8) is 0 Å². The molecule has 0 aliphatic rings. The van der Waals surface area contributed by atoms with Crippen LogP contribution in [0.1, 0.15) is 40.4 Å². The summed E-state index contributed by atoms with van der Waals surface area (Å²) in [4.78, 5) is 39.9. The van der Waals surface area contributed by atoms with E-state index in [9.17, 15) is 9.59 Å². The van der Waals surface area contributed by atoms with E-state index in [-0.39, 0.29) is 17.1 Å². The van der Waals surface area contributed by atoms with Gasteiger partial charge in [0, 0.05) is 31.0 Å². The van der Waals surface area contributed by atoms with E-state index in [1.165, 1.54) is 28.3 Å². The molecular formula is C25H20N8O2S. The fourth-order valence-corrected chi connectivity index (χ4v) is 4.56. The minimum absolute atomic E-state index is 0.00289. The second-order valence-corrected chi connectivity index (χ2v) is 8.77. The van der Waals surface area contributed by atoms with E-state index < -0.39 is 11.9 Å². The van der Waals surface area contributed by atoms with Crippen LogP contribution < -0.4 is 16.6 Å². The topological polar surface area (TPSA) is 134 Å². The smallest absolute Gasteiger partial charge is 0.274 e. The van der Waals surface area contributed by atoms with Crippen molar-refractivity contribution >= 4 is 33.3 Å². The van der Waals surface area contributed by atoms with Gasteiger partial charge < -0.3 is 11.1 Å². The second-order valence-electron chi connectivity index (χ2n) is 7.91. The van der Waals surface area contributed by atoms with Crippen LogP contribution in [0.15, 0.2) is 65.3 Å². The number of nitrogens with one attached hydrogen (secondary N) is 1. The number of benzene rings is 1. The second kappa shape index (κ2) is 9.44. The first kappa shape index (κ1) is 22.9. The molecule has 10 nitrogen and oxygen atoms in total. The first-order valence-corrected chi connectivity index (χ1v) is 11.8. The number of fused-ring (bicyclic) bond motifs is 1. The van der Waals surface area contributed by atoms with Gasteiger partial charge in [-0.3, -0.25) is 18.8 Å². The molecule has 1 amide bonds. The van der Waals surface area contributed by atoms with E-state index in [0.29, 0.717) is 27.3 Å². The maximum Gasteiger partial charge on any atom is 0.274 e. The summed E-state index contributed by atoms with van der Waals surface area (Å²) in [6, 6.07) is 8.48. The van der Waals surface area contributed by atoms with Crippen LogP contribution in [0.5, 0.6) is 0 Å². The Balaban J connectivity index is 1.62. The minimum atomic E-state index is -0.650. The SMILES string of the molecule is C[C@H](NC(=O)c1nccnc1N)c1nc2scc(C#Cc3cnn(C)c3)c2c(=O)n1-c1ccccc1. The van der Waals surface area contributed by atoms with Crippen LogP contribution >= 0.6 is 11.3 Å². The zero-order chi connectivity index (χ0) is 25.2. The lowest BCUT2D eigenvalue weighted by atomic mass is 10.2. The molecule has 5 aromatic rings. The molecule has 0 saturated carbocycles. The number of aromatic nitrogens is 6. The lowest BCUT2D eigenvalue weighted by molar-refractivity contribution is 0.0933. The predicted molar refractivity (Wildman–Crippen MR) is 137 cm³/mol. The monoisotopic (exact) mass is 496 g/mol. The van der Waals surface area contributed by atoms with Crippen LogP contribution in [-0.4, -0.2) is 35.2 Å². The first-order chi connectivity index (χ1) is 17.4. The van der Waals surface area contributed by atoms with Crippen LogP contribution in [0.4, 0.5) is 5.82 Å². The van der Waals surface area contributed by atoms with Crippen molar-refractivity contribution in [2.24, 2.45) is 7.05 Å². The third-order valence-corrected chi connectivity index (χ3v) is 6.24. The molecule has 4 aromatic heterocycles. The highest BCUT2D eigenvalue weighted by Crippen LogP contribution is 2.25. The zero-order valence-corrected chi connectivity index (χ0v) is 20.2. The Morgan fingerprint density at radius 2 is 1.94 bits per heavy atom. The standard InChI is InChI=1S/C25H20N8O2S/c1-15(30-23(34)20-21(26)28-11-10-27-20)22-31-24-19(25(35)33(22)18-6-4-3-5-7-18)17(14-36-24)9-8-16-12-29-32(2)13-16/h3-7,10-15H,1-2H3,(H2,26,28)(H,30,34)/t15-/m0/s1. The van der Waals surface area contributed by atoms with Gasteiger partial charge in [-0.2, -0.15) is 5.10 Å². The fraction of sp³-hybridized carbons (Fsp3) is 0.120. The number of nitrogens with zero attached hydrogens (tertiary/aromatic N) is 6. The Morgan fingerprint density at radius 1 is 1.17 bits per heavy atom. The molecule has 0 unspecified atom stereocenters. The lowest BCUT2D eigenvalue weighted by Gasteiger charge is -2.19. The molecule has 0 fully saturated rings. The summed E-state index contributed by atoms with van der Waals surface area (Å²) in [7, 11) is 1.81. The van der Waals surface area contributed by atoms with Crippen molar-refractivity contribution < 1.29 is 4.79 Å². The third kappa shape index (κ3) is 4.33. The van der Waals surface area contributed by atoms with Gasteiger partial charge in [-0.15, -0.1) is 11.3 Å². The average molecular weight is 497 g/mol. The summed E-state index contributed by atoms with van der Waals surface area (Å²) in [5.41, 5.74) is 7.47. The van der Waals surface area contributed by atoms with Gasteiger partial charge in [-0.1, -0.05) is 30.0 Å². The molecule has 1 aromatic carbocycles. The summed E-state index contributed by atoms with van der Waals surface area (Å²) in [6.07, 6.45) is 6.26. The highest BCUT2D eigenvalue weighted by molar-refractivity contribution is 7.17. The number of nitrogen functional groups attached to an aromatic ring is 1. The van der Waals surface area contributed by atoms with Crippen molar-refractivity contribution in [1.82, 2.24) is 34.6 Å². The van der Waals surface area contributed by atoms with Gasteiger partial charge in [0.1, 0.15) is 10.7 Å². The molecule has 11 heteroatoms. The summed E-state index contributed by atoms with van der Waals surface area (Å²) in [5, 5.41) is 9.18. The largest absolute Gasteiger partial charge is 0.382 e. The highest BCUT2D eigenvalue weighted by atomic mass is 32.1. The van der Waals surface area contributed by atoms with E-state index in [1.54, 1.807) is 36.1 Å². The highest BCUT2D eigenvalue weighted by Gasteiger charge is 2.23. The Hall–Kier alpha value is -4.82. The minimum Gasteiger partial charge on any atom is -0.382 e. The van der Waals surface area contributed by atoms with Gasteiger partial charge in [0.25, 0.3) is 11.5 Å². The number of rotatable bonds is 4. The normalized spacial score (nSPS) is 11.6. The number of hydrogen-bond acceptors (Lipinski definition) is 8. The molecule has 36 heavy (non-hydrogen) atoms. The summed E-state index contributed by atoms with van der Waals surface area (Å²) >= 11 is 1.32. The molecule has 0 bridgehead atoms. The number of amides is 1. The van der Waals surface area contributed by atoms with Gasteiger partial charge in [-0.25, -0.2) is 15.0 Å². The van der Waals surface area contributed by atoms with Crippen molar-refractivity contribution in [3.8, 4) is 17.5 Å². The number of carbonyl (C=O) groups is 1. The molecule has 0 aliphatic heterocycles. The van der Waals surface area contributed by atoms with Crippen LogP contribution in [0.3, 0.4) is 0 Å². The lowest BCUT2D eigenvalue weighted by Crippen LogP contribution is -2.34. The quantitative estimate of drug-likeness (QED) is 0.365. The summed E-state index contributed by atoms with van der Waals surface area (Å²) in [6.45, 7) is 1.74. The third-order valence-electron chi connectivity index (χ3n) is 5.37. The number of thiophene rings is 1. The van der Waals surface area contributed by atoms with E-state index in [1.807, 2.05) is 30.6 Å². The number of aryl methyl sites for hydroxylation is 1. The molecule has 4 heterocycles. The van der Waals surface area contributed by atoms with Crippen molar-refractivity contribution in [2.75, 3.05) is 5.73 Å². The number of carbonyl (C=O) groups excluding carboxylic acids is 1. The Kier molecular flexibility index (Phi) is 6.02. The van der Waals surface area contributed by atoms with Gasteiger partial charge in [0.05, 0.1) is 34.4 Å². The number of hydrogen-bond donors (Lipinski definition) is 2. The van der Waals surface area contributed by atoms with Gasteiger partial charge >= 0.3 is 0 Å². The van der Waals surface area contributed by atoms with Crippen LogP contribution in [-0.2, 0) is 7.05 Å². The molecule has 3 N–H and O–H groups in total. The Morgan fingerprint density at radius 3 is 2.67 bits per heavy atom. The maximum atomic E-state index is 13.9. The van der Waals surface area contributed by atoms with E-state index in [4.69, 9.17) is 10.7 Å². The van der Waals surface area contributed by atoms with E-state index in [2.05, 4.69) is 32.2 Å². The molecule has 0 saturated heterocycles. The maximum absolute atomic E-state index is 13.9. The van der Waals surface area contributed by atoms with Crippen molar-refractivity contribution in [2.45, 2.75) is 13.0 Å². The van der Waals surface area contributed by atoms with Gasteiger partial charge in [-0.05, 0) is 19.1 Å². The fourth-order valence-electron chi connectivity index (χ4n) is 3.69. The first-order valence-electron chi connectivity index (χ1n) is 10.9. The molecule has 1 atom stereocenters. The predicted octanol–water partition coefficient (Wildman–Crippen LogP) is 2.44. The summed E-state index contributed by atoms with van der Waals surface area (Å²) in [5.74, 6) is 5.99. The van der Waals surface area contributed by atoms with Crippen LogP contribution in [0.2, 0.25) is 0 Å². The van der Waals surface area contributed by atoms with E-state index in [0.717, 1.165) is 5.56 Å². The molecule has 5 rings (SSSR count). The van der Waals surface area contributed by atoms with Crippen LogP contribution in [0, 0.1) is 11.8 Å². The molecule has 0 radical (unpaired) electrons. The van der Waals surface area contributed by atoms with Crippen LogP contribution in [0.25, 0.3) is 15.9 Å². The van der Waals surface area contributed by atoms with Crippen molar-refractivity contribution in [3.05, 3.63) is 93.5 Å². The van der Waals surface area contributed by atoms with Gasteiger partial charge in [0.2, 0.25) is 0 Å². The Labute approximate surface area is 209 Å². The van der Waals surface area contributed by atoms with Crippen molar-refractivity contribution in [1.29, 1.82) is 0 Å². The summed E-state index contributed by atoms with van der Waals surface area (Å²) < 4.78 is 3.16. The molecule has 178 valence electrons. The molecule has 0 aliphatic carbocycles. The van der Waals surface area contributed by atoms with Gasteiger partial charge in [0.15, 0.2) is 11.5 Å². The number of nitrogens with two attached hydrogens (primary N) is 1.